The maximum Gasteiger partial charge on any atom is 0.134 e. The number of benzene rings is 1. The molecule has 0 saturated heterocycles. The van der Waals surface area contributed by atoms with Crippen LogP contribution in [0.1, 0.15) is 65.2 Å². The van der Waals surface area contributed by atoms with E-state index in [0.717, 1.165) is 11.7 Å². The van der Waals surface area contributed by atoms with Crippen LogP contribution in [-0.2, 0) is 0 Å². The lowest BCUT2D eigenvalue weighted by Gasteiger charge is -2.33. The first kappa shape index (κ1) is 18.3. The quantitative estimate of drug-likeness (QED) is 0.509. The maximum absolute atomic E-state index is 14.2. The SMILES string of the molecule is CCCCC1CCC(C(C)CC(F)COc2ccccc2)CC1. The highest BCUT2D eigenvalue weighted by atomic mass is 19.1. The van der Waals surface area contributed by atoms with Gasteiger partial charge in [-0.2, -0.15) is 0 Å². The molecule has 1 saturated carbocycles. The van der Waals surface area contributed by atoms with Gasteiger partial charge in [0.15, 0.2) is 0 Å². The number of hydrogen-bond acceptors (Lipinski definition) is 1. The van der Waals surface area contributed by atoms with E-state index in [4.69, 9.17) is 4.74 Å². The molecule has 2 atom stereocenters. The second-order valence-electron chi connectivity index (χ2n) is 7.36. The summed E-state index contributed by atoms with van der Waals surface area (Å²) in [6.07, 6.45) is 9.15. The molecule has 0 N–H and O–H groups in total. The van der Waals surface area contributed by atoms with Crippen LogP contribution in [0.4, 0.5) is 4.39 Å². The molecule has 0 bridgehead atoms. The number of halogens is 1. The second-order valence-corrected chi connectivity index (χ2v) is 7.36. The lowest BCUT2D eigenvalue weighted by atomic mass is 9.74. The summed E-state index contributed by atoms with van der Waals surface area (Å²) < 4.78 is 19.8. The van der Waals surface area contributed by atoms with Crippen molar-refractivity contribution in [2.24, 2.45) is 17.8 Å². The number of rotatable bonds is 9. The van der Waals surface area contributed by atoms with E-state index in [1.54, 1.807) is 0 Å². The van der Waals surface area contributed by atoms with Crippen LogP contribution in [0.5, 0.6) is 5.75 Å². The fourth-order valence-corrected chi connectivity index (χ4v) is 3.91. The highest BCUT2D eigenvalue weighted by molar-refractivity contribution is 5.20. The average Bonchev–Trinajstić information content (AvgIpc) is 2.59. The maximum atomic E-state index is 14.2. The van der Waals surface area contributed by atoms with Crippen LogP contribution in [-0.4, -0.2) is 12.8 Å². The first-order chi connectivity index (χ1) is 11.2. The molecular weight excluding hydrogens is 287 g/mol. The van der Waals surface area contributed by atoms with Gasteiger partial charge in [0.2, 0.25) is 0 Å². The van der Waals surface area contributed by atoms with Crippen molar-refractivity contribution in [2.45, 2.75) is 71.4 Å². The summed E-state index contributed by atoms with van der Waals surface area (Å²) in [4.78, 5) is 0. The van der Waals surface area contributed by atoms with Crippen LogP contribution in [0.2, 0.25) is 0 Å². The lowest BCUT2D eigenvalue weighted by molar-refractivity contribution is 0.133. The Morgan fingerprint density at radius 1 is 1.13 bits per heavy atom. The van der Waals surface area contributed by atoms with Crippen LogP contribution < -0.4 is 4.74 Å². The second kappa shape index (κ2) is 9.95. The van der Waals surface area contributed by atoms with E-state index in [9.17, 15) is 4.39 Å². The summed E-state index contributed by atoms with van der Waals surface area (Å²) in [7, 11) is 0. The number of ether oxygens (including phenoxy) is 1. The minimum atomic E-state index is -0.858. The zero-order valence-electron chi connectivity index (χ0n) is 14.8. The Labute approximate surface area is 141 Å². The molecule has 1 fully saturated rings. The number of hydrogen-bond donors (Lipinski definition) is 0. The van der Waals surface area contributed by atoms with Gasteiger partial charge in [-0.05, 0) is 49.1 Å². The van der Waals surface area contributed by atoms with Crippen LogP contribution in [0, 0.1) is 17.8 Å². The first-order valence-electron chi connectivity index (χ1n) is 9.51. The van der Waals surface area contributed by atoms with Crippen molar-refractivity contribution in [1.82, 2.24) is 0 Å². The molecule has 1 nitrogen and oxygen atoms in total. The van der Waals surface area contributed by atoms with Crippen molar-refractivity contribution in [3.8, 4) is 5.75 Å². The molecule has 2 rings (SSSR count). The Hall–Kier alpha value is -1.05. The third-order valence-corrected chi connectivity index (χ3v) is 5.46. The molecule has 23 heavy (non-hydrogen) atoms. The van der Waals surface area contributed by atoms with E-state index >= 15 is 0 Å². The van der Waals surface area contributed by atoms with Crippen LogP contribution in [0.15, 0.2) is 30.3 Å². The summed E-state index contributed by atoms with van der Waals surface area (Å²) in [5.74, 6) is 2.87. The van der Waals surface area contributed by atoms with Gasteiger partial charge >= 0.3 is 0 Å². The van der Waals surface area contributed by atoms with E-state index in [-0.39, 0.29) is 6.61 Å². The molecule has 1 aromatic carbocycles. The summed E-state index contributed by atoms with van der Waals surface area (Å²) in [5, 5.41) is 0. The molecule has 2 unspecified atom stereocenters. The van der Waals surface area contributed by atoms with E-state index < -0.39 is 6.17 Å². The van der Waals surface area contributed by atoms with Crippen molar-refractivity contribution >= 4 is 0 Å². The molecule has 1 aliphatic rings. The largest absolute Gasteiger partial charge is 0.491 e. The molecule has 0 spiro atoms. The van der Waals surface area contributed by atoms with Crippen molar-refractivity contribution < 1.29 is 9.13 Å². The third kappa shape index (κ3) is 6.53. The average molecular weight is 320 g/mol. The fraction of sp³-hybridized carbons (Fsp3) is 0.714. The standard InChI is InChI=1S/C21H33FO/c1-3-4-8-18-11-13-19(14-12-18)17(2)15-20(22)16-23-21-9-6-5-7-10-21/h5-7,9-10,17-20H,3-4,8,11-16H2,1-2H3. The Bertz CT molecular complexity index is 411. The highest BCUT2D eigenvalue weighted by Crippen LogP contribution is 2.37. The van der Waals surface area contributed by atoms with Crippen molar-refractivity contribution in [2.75, 3.05) is 6.61 Å². The molecule has 2 heteroatoms. The van der Waals surface area contributed by atoms with Crippen molar-refractivity contribution in [1.29, 1.82) is 0 Å². The van der Waals surface area contributed by atoms with Gasteiger partial charge in [0.1, 0.15) is 18.5 Å². The van der Waals surface area contributed by atoms with Crippen molar-refractivity contribution in [3.63, 3.8) is 0 Å². The molecule has 0 radical (unpaired) electrons. The van der Waals surface area contributed by atoms with Gasteiger partial charge < -0.3 is 4.74 Å². The Morgan fingerprint density at radius 2 is 1.83 bits per heavy atom. The topological polar surface area (TPSA) is 9.23 Å². The zero-order valence-corrected chi connectivity index (χ0v) is 14.8. The summed E-state index contributed by atoms with van der Waals surface area (Å²) >= 11 is 0. The Balaban J connectivity index is 1.65. The molecule has 1 aromatic rings. The first-order valence-corrected chi connectivity index (χ1v) is 9.51. The minimum absolute atomic E-state index is 0.181. The minimum Gasteiger partial charge on any atom is -0.491 e. The van der Waals surface area contributed by atoms with E-state index in [1.165, 1.54) is 44.9 Å². The van der Waals surface area contributed by atoms with Crippen molar-refractivity contribution in [3.05, 3.63) is 30.3 Å². The smallest absolute Gasteiger partial charge is 0.134 e. The Morgan fingerprint density at radius 3 is 2.48 bits per heavy atom. The van der Waals surface area contributed by atoms with Gasteiger partial charge in [-0.3, -0.25) is 0 Å². The molecule has 1 aliphatic carbocycles. The lowest BCUT2D eigenvalue weighted by Crippen LogP contribution is -2.24. The molecule has 0 aromatic heterocycles. The zero-order chi connectivity index (χ0) is 16.5. The molecule has 0 amide bonds. The highest BCUT2D eigenvalue weighted by Gasteiger charge is 2.26. The molecule has 0 heterocycles. The molecule has 0 aliphatic heterocycles. The summed E-state index contributed by atoms with van der Waals surface area (Å²) in [5.41, 5.74) is 0. The van der Waals surface area contributed by atoms with E-state index in [2.05, 4.69) is 13.8 Å². The normalized spacial score (nSPS) is 24.1. The number of para-hydroxylation sites is 1. The Kier molecular flexibility index (Phi) is 7.91. The van der Waals surface area contributed by atoms with Gasteiger partial charge in [0.25, 0.3) is 0 Å². The predicted molar refractivity (Wildman–Crippen MR) is 95.6 cm³/mol. The number of alkyl halides is 1. The van der Waals surface area contributed by atoms with Gasteiger partial charge in [0, 0.05) is 0 Å². The third-order valence-electron chi connectivity index (χ3n) is 5.46. The van der Waals surface area contributed by atoms with E-state index in [1.807, 2.05) is 30.3 Å². The van der Waals surface area contributed by atoms with E-state index in [0.29, 0.717) is 18.3 Å². The van der Waals surface area contributed by atoms with Crippen LogP contribution in [0.3, 0.4) is 0 Å². The van der Waals surface area contributed by atoms with Crippen LogP contribution in [0.25, 0.3) is 0 Å². The number of unbranched alkanes of at least 4 members (excludes halogenated alkanes) is 1. The van der Waals surface area contributed by atoms with Gasteiger partial charge in [-0.15, -0.1) is 0 Å². The molecular formula is C21H33FO. The predicted octanol–water partition coefficient (Wildman–Crippen LogP) is 6.43. The summed E-state index contributed by atoms with van der Waals surface area (Å²) in [6.45, 7) is 4.68. The molecule has 130 valence electrons. The van der Waals surface area contributed by atoms with Gasteiger partial charge in [0.05, 0.1) is 0 Å². The van der Waals surface area contributed by atoms with Crippen LogP contribution >= 0.6 is 0 Å². The monoisotopic (exact) mass is 320 g/mol. The fourth-order valence-electron chi connectivity index (χ4n) is 3.91. The van der Waals surface area contributed by atoms with Gasteiger partial charge in [-0.1, -0.05) is 64.2 Å². The summed E-state index contributed by atoms with van der Waals surface area (Å²) in [6, 6.07) is 9.55. The van der Waals surface area contributed by atoms with Gasteiger partial charge in [-0.25, -0.2) is 4.39 Å².